The minimum Gasteiger partial charge on any atom is -0.380 e. The summed E-state index contributed by atoms with van der Waals surface area (Å²) in [4.78, 5) is 12.3. The number of amides is 1. The van der Waals surface area contributed by atoms with Crippen molar-refractivity contribution in [3.05, 3.63) is 29.8 Å². The largest absolute Gasteiger partial charge is 0.380 e. The summed E-state index contributed by atoms with van der Waals surface area (Å²) in [7, 11) is 0. The molecule has 1 heterocycles. The highest BCUT2D eigenvalue weighted by atomic mass is 16.1. The molecule has 1 amide bonds. The Morgan fingerprint density at radius 3 is 2.90 bits per heavy atom. The van der Waals surface area contributed by atoms with Crippen LogP contribution in [0.2, 0.25) is 0 Å². The topological polar surface area (TPSA) is 67.2 Å². The standard InChI is InChI=1S/C17H25N3O/c18-15-7-3-2-6-14(15)17(21)19-11-13-10-9-12-5-1-4-8-16(12)20-13/h1,4-5,8,13-15,20H,2-3,6-7,9-11,18H2,(H,19,21)/t13?,14-,15+/m1/s1. The molecule has 4 nitrogen and oxygen atoms in total. The van der Waals surface area contributed by atoms with Crippen LogP contribution in [0.3, 0.4) is 0 Å². The molecule has 4 N–H and O–H groups in total. The van der Waals surface area contributed by atoms with Crippen LogP contribution in [0.4, 0.5) is 5.69 Å². The van der Waals surface area contributed by atoms with Gasteiger partial charge in [-0.1, -0.05) is 31.0 Å². The molecular weight excluding hydrogens is 262 g/mol. The van der Waals surface area contributed by atoms with Gasteiger partial charge in [-0.2, -0.15) is 0 Å². The first-order valence-electron chi connectivity index (χ1n) is 8.12. The van der Waals surface area contributed by atoms with Gasteiger partial charge in [0.05, 0.1) is 5.92 Å². The molecule has 1 aliphatic heterocycles. The van der Waals surface area contributed by atoms with Crippen LogP contribution in [0.25, 0.3) is 0 Å². The number of nitrogens with two attached hydrogens (primary N) is 1. The number of rotatable bonds is 3. The quantitative estimate of drug-likeness (QED) is 0.797. The Kier molecular flexibility index (Phi) is 4.44. The molecule has 3 rings (SSSR count). The number of hydrogen-bond donors (Lipinski definition) is 3. The summed E-state index contributed by atoms with van der Waals surface area (Å²) >= 11 is 0. The number of benzene rings is 1. The van der Waals surface area contributed by atoms with Crippen LogP contribution in [0.15, 0.2) is 24.3 Å². The highest BCUT2D eigenvalue weighted by Crippen LogP contribution is 2.25. The van der Waals surface area contributed by atoms with E-state index in [4.69, 9.17) is 5.73 Å². The normalized spacial score (nSPS) is 28.3. The molecule has 21 heavy (non-hydrogen) atoms. The third kappa shape index (κ3) is 3.38. The molecule has 1 aliphatic carbocycles. The molecule has 0 spiro atoms. The average Bonchev–Trinajstić information content (AvgIpc) is 2.53. The molecule has 1 saturated carbocycles. The molecule has 2 aliphatic rings. The van der Waals surface area contributed by atoms with Gasteiger partial charge in [-0.15, -0.1) is 0 Å². The van der Waals surface area contributed by atoms with E-state index in [2.05, 4.69) is 28.8 Å². The van der Waals surface area contributed by atoms with E-state index in [-0.39, 0.29) is 17.9 Å². The molecule has 1 aromatic carbocycles. The number of nitrogens with one attached hydrogen (secondary N) is 2. The van der Waals surface area contributed by atoms with Gasteiger partial charge in [-0.05, 0) is 37.3 Å². The fourth-order valence-corrected chi connectivity index (χ4v) is 3.49. The molecule has 1 aromatic rings. The lowest BCUT2D eigenvalue weighted by Crippen LogP contribution is -2.46. The molecular formula is C17H25N3O. The number of carbonyl (C=O) groups excluding carboxylic acids is 1. The van der Waals surface area contributed by atoms with Gasteiger partial charge in [-0.3, -0.25) is 4.79 Å². The van der Waals surface area contributed by atoms with Gasteiger partial charge in [0.1, 0.15) is 0 Å². The highest BCUT2D eigenvalue weighted by Gasteiger charge is 2.28. The van der Waals surface area contributed by atoms with Gasteiger partial charge >= 0.3 is 0 Å². The summed E-state index contributed by atoms with van der Waals surface area (Å²) in [5.41, 5.74) is 8.65. The van der Waals surface area contributed by atoms with E-state index in [9.17, 15) is 4.79 Å². The molecule has 3 atom stereocenters. The number of para-hydroxylation sites is 1. The summed E-state index contributed by atoms with van der Waals surface area (Å²) in [6.45, 7) is 0.691. The first-order chi connectivity index (χ1) is 10.2. The van der Waals surface area contributed by atoms with Crippen molar-refractivity contribution in [2.24, 2.45) is 11.7 Å². The Hall–Kier alpha value is -1.55. The van der Waals surface area contributed by atoms with E-state index in [1.54, 1.807) is 0 Å². The summed E-state index contributed by atoms with van der Waals surface area (Å²) in [6.07, 6.45) is 6.34. The Bertz CT molecular complexity index is 503. The Labute approximate surface area is 126 Å². The zero-order chi connectivity index (χ0) is 14.7. The van der Waals surface area contributed by atoms with Crippen molar-refractivity contribution >= 4 is 11.6 Å². The van der Waals surface area contributed by atoms with E-state index >= 15 is 0 Å². The predicted molar refractivity (Wildman–Crippen MR) is 85.1 cm³/mol. The summed E-state index contributed by atoms with van der Waals surface area (Å²) < 4.78 is 0. The van der Waals surface area contributed by atoms with Gasteiger partial charge in [-0.25, -0.2) is 0 Å². The van der Waals surface area contributed by atoms with Crippen molar-refractivity contribution in [2.75, 3.05) is 11.9 Å². The van der Waals surface area contributed by atoms with Crippen molar-refractivity contribution in [2.45, 2.75) is 50.6 Å². The van der Waals surface area contributed by atoms with Gasteiger partial charge in [0.15, 0.2) is 0 Å². The third-order valence-corrected chi connectivity index (χ3v) is 4.82. The van der Waals surface area contributed by atoms with Crippen LogP contribution >= 0.6 is 0 Å². The molecule has 0 radical (unpaired) electrons. The van der Waals surface area contributed by atoms with Gasteiger partial charge in [0.2, 0.25) is 5.91 Å². The van der Waals surface area contributed by atoms with Crippen LogP contribution in [-0.2, 0) is 11.2 Å². The second-order valence-corrected chi connectivity index (χ2v) is 6.34. The average molecular weight is 287 g/mol. The molecule has 0 aromatic heterocycles. The van der Waals surface area contributed by atoms with Crippen molar-refractivity contribution in [3.63, 3.8) is 0 Å². The molecule has 4 heteroatoms. The van der Waals surface area contributed by atoms with Gasteiger partial charge in [0, 0.05) is 24.3 Å². The number of hydrogen-bond acceptors (Lipinski definition) is 3. The lowest BCUT2D eigenvalue weighted by Gasteiger charge is -2.30. The van der Waals surface area contributed by atoms with E-state index in [0.29, 0.717) is 12.6 Å². The lowest BCUT2D eigenvalue weighted by atomic mass is 9.84. The number of carbonyl (C=O) groups is 1. The smallest absolute Gasteiger partial charge is 0.224 e. The molecule has 0 bridgehead atoms. The Balaban J connectivity index is 1.51. The minimum absolute atomic E-state index is 0.00891. The van der Waals surface area contributed by atoms with Crippen LogP contribution < -0.4 is 16.4 Å². The van der Waals surface area contributed by atoms with Crippen LogP contribution in [0.5, 0.6) is 0 Å². The maximum absolute atomic E-state index is 12.3. The Morgan fingerprint density at radius 2 is 2.05 bits per heavy atom. The summed E-state index contributed by atoms with van der Waals surface area (Å²) in [5.74, 6) is 0.150. The SMILES string of the molecule is N[C@H]1CCCC[C@H]1C(=O)NCC1CCc2ccccc2N1. The first-order valence-corrected chi connectivity index (χ1v) is 8.12. The van der Waals surface area contributed by atoms with Crippen molar-refractivity contribution in [1.29, 1.82) is 0 Å². The van der Waals surface area contributed by atoms with Crippen LogP contribution in [0.1, 0.15) is 37.7 Å². The molecule has 1 unspecified atom stereocenters. The van der Waals surface area contributed by atoms with E-state index in [1.165, 1.54) is 11.3 Å². The maximum atomic E-state index is 12.3. The van der Waals surface area contributed by atoms with Gasteiger partial charge in [0.25, 0.3) is 0 Å². The van der Waals surface area contributed by atoms with Gasteiger partial charge < -0.3 is 16.4 Å². The van der Waals surface area contributed by atoms with Crippen LogP contribution in [-0.4, -0.2) is 24.5 Å². The maximum Gasteiger partial charge on any atom is 0.224 e. The summed E-state index contributed by atoms with van der Waals surface area (Å²) in [5, 5.41) is 6.62. The highest BCUT2D eigenvalue weighted by molar-refractivity contribution is 5.79. The zero-order valence-electron chi connectivity index (χ0n) is 12.5. The summed E-state index contributed by atoms with van der Waals surface area (Å²) in [6, 6.07) is 8.77. The monoisotopic (exact) mass is 287 g/mol. The Morgan fingerprint density at radius 1 is 1.24 bits per heavy atom. The van der Waals surface area contributed by atoms with E-state index < -0.39 is 0 Å². The zero-order valence-corrected chi connectivity index (χ0v) is 12.5. The number of fused-ring (bicyclic) bond motifs is 1. The third-order valence-electron chi connectivity index (χ3n) is 4.82. The molecule has 0 saturated heterocycles. The minimum atomic E-state index is 0.00891. The van der Waals surface area contributed by atoms with Crippen LogP contribution in [0, 0.1) is 5.92 Å². The molecule has 1 fully saturated rings. The predicted octanol–water partition coefficient (Wildman–Crippen LogP) is 2.05. The molecule has 114 valence electrons. The fourth-order valence-electron chi connectivity index (χ4n) is 3.49. The lowest BCUT2D eigenvalue weighted by molar-refractivity contribution is -0.126. The second-order valence-electron chi connectivity index (χ2n) is 6.34. The van der Waals surface area contributed by atoms with E-state index in [1.807, 2.05) is 6.07 Å². The number of aryl methyl sites for hydroxylation is 1. The number of anilines is 1. The van der Waals surface area contributed by atoms with Crippen molar-refractivity contribution in [1.82, 2.24) is 5.32 Å². The first kappa shape index (κ1) is 14.4. The second kappa shape index (κ2) is 6.48. The van der Waals surface area contributed by atoms with Crippen molar-refractivity contribution in [3.8, 4) is 0 Å². The van der Waals surface area contributed by atoms with Crippen molar-refractivity contribution < 1.29 is 4.79 Å². The van der Waals surface area contributed by atoms with E-state index in [0.717, 1.165) is 38.5 Å². The fraction of sp³-hybridized carbons (Fsp3) is 0.588.